The van der Waals surface area contributed by atoms with E-state index in [1.54, 1.807) is 12.1 Å². The second-order valence-corrected chi connectivity index (χ2v) is 13.3. The third-order valence-electron chi connectivity index (χ3n) is 8.17. The number of hydrogen-bond acceptors (Lipinski definition) is 6. The molecular weight excluding hydrogens is 631 g/mol. The first-order chi connectivity index (χ1) is 22.6. The number of ether oxygens (including phenoxy) is 1. The second-order valence-electron chi connectivity index (χ2n) is 11.7. The van der Waals surface area contributed by atoms with E-state index >= 15 is 0 Å². The maximum atomic E-state index is 13.2. The van der Waals surface area contributed by atoms with Crippen LogP contribution in [0, 0.1) is 0 Å². The zero-order valence-electron chi connectivity index (χ0n) is 26.3. The van der Waals surface area contributed by atoms with Crippen LogP contribution in [0.2, 0.25) is 0 Å². The first-order valence-corrected chi connectivity index (χ1v) is 17.2. The molecule has 2 amide bonds. The Morgan fingerprint density at radius 3 is 2.28 bits per heavy atom. The number of carbonyl (C=O) groups is 2. The Kier molecular flexibility index (Phi) is 11.7. The summed E-state index contributed by atoms with van der Waals surface area (Å²) in [6, 6.07) is 17.3. The Hall–Kier alpha value is -3.78. The minimum Gasteiger partial charge on any atom is -0.405 e. The maximum absolute atomic E-state index is 13.2. The summed E-state index contributed by atoms with van der Waals surface area (Å²) in [5.41, 5.74) is 2.87. The van der Waals surface area contributed by atoms with Crippen molar-refractivity contribution < 1.29 is 31.7 Å². The first-order valence-electron chi connectivity index (χ1n) is 15.9. The lowest BCUT2D eigenvalue weighted by Gasteiger charge is -2.33. The Labute approximate surface area is 275 Å². The fourth-order valence-corrected chi connectivity index (χ4v) is 6.88. The van der Waals surface area contributed by atoms with E-state index in [0.717, 1.165) is 64.1 Å². The number of rotatable bonds is 11. The molecule has 3 aromatic rings. The summed E-state index contributed by atoms with van der Waals surface area (Å²) in [6.45, 7) is 6.75. The van der Waals surface area contributed by atoms with Gasteiger partial charge < -0.3 is 20.7 Å². The van der Waals surface area contributed by atoms with Crippen LogP contribution >= 0.6 is 0 Å². The third kappa shape index (κ3) is 9.86. The fourth-order valence-electron chi connectivity index (χ4n) is 5.70. The van der Waals surface area contributed by atoms with Crippen molar-refractivity contribution in [2.75, 3.05) is 49.1 Å². The molecule has 47 heavy (non-hydrogen) atoms. The first kappa shape index (κ1) is 34.6. The van der Waals surface area contributed by atoms with E-state index in [2.05, 4.69) is 25.6 Å². The summed E-state index contributed by atoms with van der Waals surface area (Å²) in [7, 11) is -0.909. The van der Waals surface area contributed by atoms with Crippen LogP contribution in [0.25, 0.3) is 11.1 Å². The van der Waals surface area contributed by atoms with Crippen LogP contribution in [0.1, 0.15) is 48.5 Å². The normalized spacial score (nSPS) is 18.3. The largest absolute Gasteiger partial charge is 0.573 e. The van der Waals surface area contributed by atoms with Crippen molar-refractivity contribution in [1.29, 1.82) is 0 Å². The molecule has 0 aliphatic carbocycles. The maximum Gasteiger partial charge on any atom is 0.573 e. The van der Waals surface area contributed by atoms with Gasteiger partial charge in [-0.1, -0.05) is 37.6 Å². The van der Waals surface area contributed by atoms with Crippen LogP contribution in [0.5, 0.6) is 5.75 Å². The van der Waals surface area contributed by atoms with Gasteiger partial charge in [-0.15, -0.1) is 13.2 Å². The molecule has 252 valence electrons. The topological polar surface area (TPSA) is 103 Å². The molecule has 0 bridgehead atoms. The lowest BCUT2D eigenvalue weighted by atomic mass is 10.0. The molecule has 2 saturated heterocycles. The Morgan fingerprint density at radius 2 is 1.64 bits per heavy atom. The smallest absolute Gasteiger partial charge is 0.405 e. The SMILES string of the molecule is CCCS(=O)N1CCN(Cc2ccc(NC(=O)c3ccc(-c4cc(NC(=O)C5CCCCN5)ccc4OC(F)(F)F)cc3)cc2)CC1. The molecular formula is C34H40F3N5O4S. The van der Waals surface area contributed by atoms with Gasteiger partial charge in [-0.05, 0) is 79.4 Å². The van der Waals surface area contributed by atoms with E-state index in [4.69, 9.17) is 0 Å². The number of nitrogens with one attached hydrogen (secondary N) is 3. The summed E-state index contributed by atoms with van der Waals surface area (Å²) in [5.74, 6) is -0.340. The predicted octanol–water partition coefficient (Wildman–Crippen LogP) is 5.78. The molecule has 9 nitrogen and oxygen atoms in total. The van der Waals surface area contributed by atoms with Crippen LogP contribution in [0.15, 0.2) is 66.7 Å². The Balaban J connectivity index is 1.21. The standard InChI is InChI=1S/C34H40F3N5O4S/c1-2-21-47(45)42-19-17-41(18-20-42)23-24-6-12-27(13-7-24)39-32(43)26-10-8-25(9-11-26)29-22-28(14-15-31(29)46-34(35,36)37)40-33(44)30-5-3-4-16-38-30/h6-15,22,30,38H,2-5,16-21,23H2,1H3,(H,39,43)(H,40,44). The number of hydrogen-bond donors (Lipinski definition) is 3. The number of amides is 2. The molecule has 3 N–H and O–H groups in total. The zero-order valence-corrected chi connectivity index (χ0v) is 27.1. The van der Waals surface area contributed by atoms with Crippen molar-refractivity contribution in [3.8, 4) is 16.9 Å². The molecule has 2 aliphatic rings. The molecule has 0 radical (unpaired) electrons. The van der Waals surface area contributed by atoms with E-state index in [0.29, 0.717) is 34.7 Å². The number of benzene rings is 3. The molecule has 3 aromatic carbocycles. The zero-order chi connectivity index (χ0) is 33.4. The van der Waals surface area contributed by atoms with Gasteiger partial charge in [0.25, 0.3) is 5.91 Å². The van der Waals surface area contributed by atoms with Crippen molar-refractivity contribution >= 4 is 34.2 Å². The summed E-state index contributed by atoms with van der Waals surface area (Å²) < 4.78 is 58.2. The molecule has 5 rings (SSSR count). The summed E-state index contributed by atoms with van der Waals surface area (Å²) in [6.07, 6.45) is -1.42. The average molecular weight is 672 g/mol. The monoisotopic (exact) mass is 671 g/mol. The van der Waals surface area contributed by atoms with Gasteiger partial charge in [0.1, 0.15) is 5.75 Å². The quantitative estimate of drug-likeness (QED) is 0.239. The highest BCUT2D eigenvalue weighted by atomic mass is 32.2. The molecule has 13 heteroatoms. The molecule has 2 aliphatic heterocycles. The number of alkyl halides is 3. The van der Waals surface area contributed by atoms with Gasteiger partial charge in [0, 0.05) is 61.0 Å². The lowest BCUT2D eigenvalue weighted by molar-refractivity contribution is -0.274. The Bertz CT molecular complexity index is 1540. The number of piperidine rings is 1. The van der Waals surface area contributed by atoms with E-state index in [-0.39, 0.29) is 23.4 Å². The highest BCUT2D eigenvalue weighted by molar-refractivity contribution is 7.82. The van der Waals surface area contributed by atoms with Gasteiger partial charge in [-0.2, -0.15) is 0 Å². The summed E-state index contributed by atoms with van der Waals surface area (Å²) >= 11 is 0. The average Bonchev–Trinajstić information content (AvgIpc) is 3.06. The molecule has 2 heterocycles. The lowest BCUT2D eigenvalue weighted by Crippen LogP contribution is -2.46. The van der Waals surface area contributed by atoms with Gasteiger partial charge in [0.2, 0.25) is 5.91 Å². The van der Waals surface area contributed by atoms with E-state index in [1.807, 2.05) is 35.5 Å². The minimum atomic E-state index is -4.91. The van der Waals surface area contributed by atoms with E-state index in [1.165, 1.54) is 30.3 Å². The van der Waals surface area contributed by atoms with Crippen molar-refractivity contribution in [2.45, 2.75) is 51.6 Å². The minimum absolute atomic E-state index is 0.120. The van der Waals surface area contributed by atoms with Gasteiger partial charge in [0.05, 0.1) is 17.0 Å². The van der Waals surface area contributed by atoms with Crippen molar-refractivity contribution in [3.63, 3.8) is 0 Å². The number of anilines is 2. The van der Waals surface area contributed by atoms with E-state index < -0.39 is 23.1 Å². The van der Waals surface area contributed by atoms with Crippen LogP contribution in [0.4, 0.5) is 24.5 Å². The van der Waals surface area contributed by atoms with Crippen LogP contribution < -0.4 is 20.7 Å². The molecule has 2 unspecified atom stereocenters. The molecule has 2 fully saturated rings. The van der Waals surface area contributed by atoms with Gasteiger partial charge in [-0.3, -0.25) is 14.5 Å². The van der Waals surface area contributed by atoms with E-state index in [9.17, 15) is 27.0 Å². The molecule has 0 saturated carbocycles. The number of halogens is 3. The molecule has 0 aromatic heterocycles. The van der Waals surface area contributed by atoms with Crippen LogP contribution in [0.3, 0.4) is 0 Å². The molecule has 2 atom stereocenters. The van der Waals surface area contributed by atoms with Crippen LogP contribution in [-0.4, -0.2) is 76.1 Å². The van der Waals surface area contributed by atoms with Gasteiger partial charge >= 0.3 is 6.36 Å². The second kappa shape index (κ2) is 15.9. The van der Waals surface area contributed by atoms with Gasteiger partial charge in [0.15, 0.2) is 0 Å². The Morgan fingerprint density at radius 1 is 0.936 bits per heavy atom. The number of nitrogens with zero attached hydrogens (tertiary/aromatic N) is 2. The van der Waals surface area contributed by atoms with Crippen molar-refractivity contribution in [3.05, 3.63) is 77.9 Å². The van der Waals surface area contributed by atoms with Crippen LogP contribution in [-0.2, 0) is 22.3 Å². The molecule has 0 spiro atoms. The highest BCUT2D eigenvalue weighted by Crippen LogP contribution is 2.36. The van der Waals surface area contributed by atoms with Gasteiger partial charge in [-0.25, -0.2) is 8.51 Å². The summed E-state index contributed by atoms with van der Waals surface area (Å²) in [5, 5.41) is 8.80. The number of carbonyl (C=O) groups excluding carboxylic acids is 2. The summed E-state index contributed by atoms with van der Waals surface area (Å²) in [4.78, 5) is 28.0. The predicted molar refractivity (Wildman–Crippen MR) is 177 cm³/mol. The number of piperazine rings is 1. The third-order valence-corrected chi connectivity index (χ3v) is 9.87. The fraction of sp³-hybridized carbons (Fsp3) is 0.412. The van der Waals surface area contributed by atoms with Crippen molar-refractivity contribution in [2.24, 2.45) is 0 Å². The highest BCUT2D eigenvalue weighted by Gasteiger charge is 2.32. The van der Waals surface area contributed by atoms with Crippen molar-refractivity contribution in [1.82, 2.24) is 14.5 Å².